The molecule has 278 valence electrons. The van der Waals surface area contributed by atoms with Gasteiger partial charge in [0, 0.05) is 76.2 Å². The highest BCUT2D eigenvalue weighted by atomic mass is 32.2. The van der Waals surface area contributed by atoms with Crippen LogP contribution in [-0.2, 0) is 32.3 Å². The number of carboxylic acids is 2. The van der Waals surface area contributed by atoms with Crippen LogP contribution in [0.25, 0.3) is 11.0 Å². The molecule has 1 aliphatic heterocycles. The topological polar surface area (TPSA) is 231 Å². The molecule has 1 aromatic carbocycles. The summed E-state index contributed by atoms with van der Waals surface area (Å²) in [5.41, 5.74) is 15.2. The normalized spacial score (nSPS) is 14.6. The Morgan fingerprint density at radius 3 is 2.47 bits per heavy atom. The monoisotopic (exact) mass is 727 g/mol. The number of ether oxygens (including phenoxy) is 1. The Hall–Kier alpha value is -4.61. The molecule has 8 N–H and O–H groups in total. The van der Waals surface area contributed by atoms with E-state index in [1.54, 1.807) is 12.0 Å². The molecule has 3 aromatic rings. The Labute approximate surface area is 301 Å². The summed E-state index contributed by atoms with van der Waals surface area (Å²) in [6, 6.07) is 6.88. The second-order valence-corrected chi connectivity index (χ2v) is 13.7. The molecule has 0 bridgehead atoms. The summed E-state index contributed by atoms with van der Waals surface area (Å²) in [5.74, 6) is -1.53. The molecule has 2 atom stereocenters. The van der Waals surface area contributed by atoms with Crippen molar-refractivity contribution in [3.8, 4) is 5.75 Å². The summed E-state index contributed by atoms with van der Waals surface area (Å²) in [4.78, 5) is 60.6. The third kappa shape index (κ3) is 11.5. The van der Waals surface area contributed by atoms with Gasteiger partial charge >= 0.3 is 11.9 Å². The first-order chi connectivity index (χ1) is 24.5. The number of benzene rings is 1. The van der Waals surface area contributed by atoms with Crippen molar-refractivity contribution in [2.24, 2.45) is 5.73 Å². The number of carboxylic acid groups (broad SMARTS) is 2. The fourth-order valence-corrected chi connectivity index (χ4v) is 6.82. The number of fused-ring (bicyclic) bond motifs is 1. The molecule has 0 saturated carbocycles. The highest BCUT2D eigenvalue weighted by Crippen LogP contribution is 2.27. The minimum atomic E-state index is -1.24. The quantitative estimate of drug-likeness (QED) is 0.0912. The average molecular weight is 728 g/mol. The van der Waals surface area contributed by atoms with Crippen LogP contribution in [0.5, 0.6) is 5.75 Å². The summed E-state index contributed by atoms with van der Waals surface area (Å²) in [6.07, 6.45) is 5.00. The van der Waals surface area contributed by atoms with Gasteiger partial charge in [-0.05, 0) is 30.2 Å². The van der Waals surface area contributed by atoms with Crippen LogP contribution in [0.15, 0.2) is 30.5 Å². The van der Waals surface area contributed by atoms with E-state index in [9.17, 15) is 24.3 Å². The van der Waals surface area contributed by atoms with E-state index >= 15 is 0 Å². The second kappa shape index (κ2) is 19.1. The Balaban J connectivity index is 1.27. The number of aromatic nitrogens is 3. The maximum Gasteiger partial charge on any atom is 0.321 e. The molecule has 2 aromatic heterocycles. The predicted octanol–water partition coefficient (Wildman–Crippen LogP) is 1.81. The fourth-order valence-electron chi connectivity index (χ4n) is 5.83. The molecule has 0 unspecified atom stereocenters. The number of methoxy groups -OCH3 is 1. The highest BCUT2D eigenvalue weighted by molar-refractivity contribution is 8.00. The van der Waals surface area contributed by atoms with E-state index in [1.807, 2.05) is 18.3 Å². The van der Waals surface area contributed by atoms with E-state index in [4.69, 9.17) is 21.3 Å². The first-order valence-electron chi connectivity index (χ1n) is 17.1. The number of hydrogen-bond donors (Lipinski definition) is 6. The molecule has 3 heterocycles. The van der Waals surface area contributed by atoms with Crippen LogP contribution in [0.4, 0.5) is 11.8 Å². The van der Waals surface area contributed by atoms with Crippen LogP contribution in [-0.4, -0.2) is 122 Å². The van der Waals surface area contributed by atoms with E-state index < -0.39 is 29.1 Å². The largest absolute Gasteiger partial charge is 0.496 e. The van der Waals surface area contributed by atoms with E-state index in [2.05, 4.69) is 49.1 Å². The first-order valence-corrected chi connectivity index (χ1v) is 18.2. The van der Waals surface area contributed by atoms with Crippen LogP contribution in [0.1, 0.15) is 50.2 Å². The van der Waals surface area contributed by atoms with E-state index in [-0.39, 0.29) is 37.0 Å². The number of piperazine rings is 1. The minimum absolute atomic E-state index is 0.0742. The number of rotatable bonds is 20. The number of nitrogen functional groups attached to an aromatic ring is 1. The zero-order chi connectivity index (χ0) is 36.9. The third-order valence-electron chi connectivity index (χ3n) is 8.62. The lowest BCUT2D eigenvalue weighted by Crippen LogP contribution is -2.48. The van der Waals surface area contributed by atoms with Crippen molar-refractivity contribution in [1.29, 1.82) is 0 Å². The Morgan fingerprint density at radius 1 is 1.02 bits per heavy atom. The standard InChI is InChI=1S/C34H49N9O7S/c1-3-4-5-10-38-31-30-25(39-34(36)40-31)9-12-43(30)20-23-17-22(6-7-26(23)50-2)19-41-13-15-42(16-14-41)29(45)8-11-37-28(44)18-27(33(48)49)51-21-24(35)32(46)47/h6-7,9,12,17,24,27H,3-5,8,10-11,13-16,18-21,35H2,1-2H3,(H,37,44)(H,46,47)(H,48,49)(H3,36,38,39,40)/t24-,27+/m0/s1. The number of hydrogen-bond acceptors (Lipinski definition) is 12. The second-order valence-electron chi connectivity index (χ2n) is 12.5. The number of unbranched alkanes of at least 4 members (excludes halogenated alkanes) is 2. The molecule has 17 heteroatoms. The number of amides is 2. The molecule has 0 aliphatic carbocycles. The molecule has 4 rings (SSSR count). The number of thioether (sulfide) groups is 1. The molecular formula is C34H49N9O7S. The molecule has 51 heavy (non-hydrogen) atoms. The summed E-state index contributed by atoms with van der Waals surface area (Å²) < 4.78 is 7.83. The van der Waals surface area contributed by atoms with Gasteiger partial charge < -0.3 is 46.5 Å². The Morgan fingerprint density at radius 2 is 1.78 bits per heavy atom. The highest BCUT2D eigenvalue weighted by Gasteiger charge is 2.25. The minimum Gasteiger partial charge on any atom is -0.496 e. The van der Waals surface area contributed by atoms with Gasteiger partial charge in [0.1, 0.15) is 22.6 Å². The lowest BCUT2D eigenvalue weighted by molar-refractivity contribution is -0.139. The smallest absolute Gasteiger partial charge is 0.321 e. The number of carbonyl (C=O) groups is 4. The molecule has 1 aliphatic rings. The van der Waals surface area contributed by atoms with Gasteiger partial charge in [0.25, 0.3) is 0 Å². The van der Waals surface area contributed by atoms with Gasteiger partial charge in [0.15, 0.2) is 5.82 Å². The first kappa shape index (κ1) is 39.2. The van der Waals surface area contributed by atoms with E-state index in [0.717, 1.165) is 65.5 Å². The van der Waals surface area contributed by atoms with Crippen molar-refractivity contribution in [2.45, 2.75) is 63.4 Å². The molecule has 1 fully saturated rings. The van der Waals surface area contributed by atoms with Crippen molar-refractivity contribution in [2.75, 3.05) is 63.2 Å². The molecular weight excluding hydrogens is 678 g/mol. The van der Waals surface area contributed by atoms with E-state index in [1.165, 1.54) is 0 Å². The van der Waals surface area contributed by atoms with Crippen LogP contribution >= 0.6 is 11.8 Å². The van der Waals surface area contributed by atoms with Crippen molar-refractivity contribution in [3.05, 3.63) is 41.6 Å². The average Bonchev–Trinajstić information content (AvgIpc) is 3.50. The van der Waals surface area contributed by atoms with Crippen LogP contribution in [0.2, 0.25) is 0 Å². The molecule has 0 spiro atoms. The summed E-state index contributed by atoms with van der Waals surface area (Å²) in [7, 11) is 1.66. The molecule has 2 amide bonds. The lowest BCUT2D eigenvalue weighted by atomic mass is 10.1. The van der Waals surface area contributed by atoms with Crippen LogP contribution in [0, 0.1) is 0 Å². The number of carbonyl (C=O) groups excluding carboxylic acids is 2. The van der Waals surface area contributed by atoms with Gasteiger partial charge in [-0.25, -0.2) is 4.98 Å². The van der Waals surface area contributed by atoms with Crippen molar-refractivity contribution >= 4 is 58.3 Å². The zero-order valence-electron chi connectivity index (χ0n) is 29.2. The van der Waals surface area contributed by atoms with Gasteiger partial charge in [0.05, 0.1) is 19.2 Å². The summed E-state index contributed by atoms with van der Waals surface area (Å²) in [5, 5.41) is 23.2. The van der Waals surface area contributed by atoms with Gasteiger partial charge in [0.2, 0.25) is 17.8 Å². The number of nitrogens with zero attached hydrogens (tertiary/aromatic N) is 5. The number of nitrogens with one attached hydrogen (secondary N) is 2. The summed E-state index contributed by atoms with van der Waals surface area (Å²) >= 11 is 0.801. The number of nitrogens with two attached hydrogens (primary N) is 2. The number of aliphatic carboxylic acids is 2. The molecule has 16 nitrogen and oxygen atoms in total. The predicted molar refractivity (Wildman–Crippen MR) is 196 cm³/mol. The van der Waals surface area contributed by atoms with Gasteiger partial charge in [-0.1, -0.05) is 25.8 Å². The lowest BCUT2D eigenvalue weighted by Gasteiger charge is -2.35. The van der Waals surface area contributed by atoms with Crippen LogP contribution < -0.4 is 26.8 Å². The van der Waals surface area contributed by atoms with E-state index in [0.29, 0.717) is 45.1 Å². The molecule has 1 saturated heterocycles. The van der Waals surface area contributed by atoms with Crippen molar-refractivity contribution in [3.63, 3.8) is 0 Å². The Kier molecular flexibility index (Phi) is 14.7. The van der Waals surface area contributed by atoms with Crippen LogP contribution in [0.3, 0.4) is 0 Å². The fraction of sp³-hybridized carbons (Fsp3) is 0.529. The SMILES string of the molecule is CCCCCNc1nc(N)nc2ccn(Cc3cc(CN4CCN(C(=O)CCNC(=O)C[C@@H](SC[C@H](N)C(=O)O)C(=O)O)CC4)ccc3OC)c12. The number of anilines is 2. The Bertz CT molecular complexity index is 1660. The maximum absolute atomic E-state index is 12.9. The van der Waals surface area contributed by atoms with Gasteiger partial charge in [-0.3, -0.25) is 24.1 Å². The van der Waals surface area contributed by atoms with Gasteiger partial charge in [-0.15, -0.1) is 11.8 Å². The third-order valence-corrected chi connectivity index (χ3v) is 9.94. The molecule has 0 radical (unpaired) electrons. The van der Waals surface area contributed by atoms with Crippen molar-refractivity contribution < 1.29 is 34.1 Å². The zero-order valence-corrected chi connectivity index (χ0v) is 30.0. The van der Waals surface area contributed by atoms with Crippen molar-refractivity contribution in [1.82, 2.24) is 29.7 Å². The maximum atomic E-state index is 12.9. The van der Waals surface area contributed by atoms with Gasteiger partial charge in [-0.2, -0.15) is 4.98 Å². The summed E-state index contributed by atoms with van der Waals surface area (Å²) in [6.45, 7) is 6.74.